The number of nitrogens with zero attached hydrogens (tertiary/aromatic N) is 3. The molecule has 2 aromatic carbocycles. The van der Waals surface area contributed by atoms with Gasteiger partial charge in [-0.1, -0.05) is 23.7 Å². The van der Waals surface area contributed by atoms with Crippen LogP contribution in [0, 0.1) is 5.92 Å². The summed E-state index contributed by atoms with van der Waals surface area (Å²) in [6.45, 7) is 2.32. The van der Waals surface area contributed by atoms with E-state index in [0.717, 1.165) is 58.4 Å². The van der Waals surface area contributed by atoms with E-state index >= 15 is 0 Å². The number of halogens is 1. The molecule has 8 heteroatoms. The normalized spacial score (nSPS) is 19.9. The van der Waals surface area contributed by atoms with Crippen molar-refractivity contribution in [3.05, 3.63) is 64.9 Å². The molecule has 0 radical (unpaired) electrons. The van der Waals surface area contributed by atoms with Crippen molar-refractivity contribution in [2.45, 2.75) is 31.8 Å². The van der Waals surface area contributed by atoms with E-state index in [9.17, 15) is 4.79 Å². The third kappa shape index (κ3) is 4.06. The van der Waals surface area contributed by atoms with Gasteiger partial charge in [-0.3, -0.25) is 4.79 Å². The zero-order chi connectivity index (χ0) is 24.8. The number of hydrogen-bond acceptors (Lipinski definition) is 5. The van der Waals surface area contributed by atoms with Crippen molar-refractivity contribution in [3.8, 4) is 22.8 Å². The number of methoxy groups -OCH3 is 1. The number of H-pyrrole nitrogens is 1. The molecule has 4 aromatic rings. The molecule has 2 unspecified atom stereocenters. The molecule has 1 saturated heterocycles. The second-order valence-electron chi connectivity index (χ2n) is 9.85. The topological polar surface area (TPSA) is 72.4 Å². The molecule has 1 fully saturated rings. The number of ether oxygens (including phenoxy) is 2. The van der Waals surface area contributed by atoms with Gasteiger partial charge < -0.3 is 18.9 Å². The van der Waals surface area contributed by atoms with E-state index < -0.39 is 0 Å². The Balaban J connectivity index is 1.40. The Morgan fingerprint density at radius 3 is 2.97 bits per heavy atom. The summed E-state index contributed by atoms with van der Waals surface area (Å²) >= 11 is 6.21. The largest absolute Gasteiger partial charge is 0.493 e. The quantitative estimate of drug-likeness (QED) is 0.364. The molecular weight excluding hydrogens is 476 g/mol. The Hall–Kier alpha value is -3.29. The van der Waals surface area contributed by atoms with E-state index in [-0.39, 0.29) is 11.7 Å². The molecule has 0 bridgehead atoms. The lowest BCUT2D eigenvalue weighted by atomic mass is 9.89. The summed E-state index contributed by atoms with van der Waals surface area (Å²) < 4.78 is 13.7. The molecule has 1 N–H and O–H groups in total. The van der Waals surface area contributed by atoms with Gasteiger partial charge in [0.2, 0.25) is 5.88 Å². The summed E-state index contributed by atoms with van der Waals surface area (Å²) in [5, 5.41) is 8.66. The highest BCUT2D eigenvalue weighted by molar-refractivity contribution is 6.30. The number of benzene rings is 2. The Labute approximate surface area is 214 Å². The van der Waals surface area contributed by atoms with Crippen LogP contribution in [0.25, 0.3) is 22.0 Å². The SMILES string of the molecule is COc1[nH]ncc1-c1ccc2c(C(=O)C3COc4ccc(Cl)cc4C3)cn(CC3CCCN3C)c2c1. The summed E-state index contributed by atoms with van der Waals surface area (Å²) in [5.74, 6) is 1.29. The van der Waals surface area contributed by atoms with Crippen LogP contribution in [0.5, 0.6) is 11.6 Å². The summed E-state index contributed by atoms with van der Waals surface area (Å²) in [7, 11) is 3.81. The monoisotopic (exact) mass is 504 g/mol. The highest BCUT2D eigenvalue weighted by Gasteiger charge is 2.30. The second-order valence-corrected chi connectivity index (χ2v) is 10.3. The average molecular weight is 505 g/mol. The van der Waals surface area contributed by atoms with Crippen LogP contribution in [0.1, 0.15) is 28.8 Å². The predicted molar refractivity (Wildman–Crippen MR) is 140 cm³/mol. The molecule has 4 heterocycles. The molecule has 6 rings (SSSR count). The number of aromatic amines is 1. The predicted octanol–water partition coefficient (Wildman–Crippen LogP) is 5.22. The van der Waals surface area contributed by atoms with E-state index in [1.54, 1.807) is 13.3 Å². The zero-order valence-electron chi connectivity index (χ0n) is 20.5. The number of nitrogens with one attached hydrogen (secondary N) is 1. The molecule has 0 spiro atoms. The Morgan fingerprint density at radius 2 is 2.17 bits per heavy atom. The van der Waals surface area contributed by atoms with Crippen molar-refractivity contribution in [2.75, 3.05) is 27.3 Å². The number of aromatic nitrogens is 3. The van der Waals surface area contributed by atoms with Crippen LogP contribution in [0.15, 0.2) is 48.8 Å². The molecule has 186 valence electrons. The highest BCUT2D eigenvalue weighted by atomic mass is 35.5. The maximum Gasteiger partial charge on any atom is 0.216 e. The van der Waals surface area contributed by atoms with Crippen molar-refractivity contribution in [2.24, 2.45) is 5.92 Å². The minimum Gasteiger partial charge on any atom is -0.493 e. The van der Waals surface area contributed by atoms with Gasteiger partial charge in [-0.25, -0.2) is 5.10 Å². The molecule has 7 nitrogen and oxygen atoms in total. The maximum atomic E-state index is 13.9. The fraction of sp³-hybridized carbons (Fsp3) is 0.357. The van der Waals surface area contributed by atoms with Crippen LogP contribution in [0.2, 0.25) is 5.02 Å². The number of rotatable bonds is 6. The van der Waals surface area contributed by atoms with E-state index in [4.69, 9.17) is 21.1 Å². The van der Waals surface area contributed by atoms with E-state index in [0.29, 0.717) is 30.0 Å². The van der Waals surface area contributed by atoms with Gasteiger partial charge in [0, 0.05) is 40.3 Å². The van der Waals surface area contributed by atoms with Gasteiger partial charge >= 0.3 is 0 Å². The fourth-order valence-corrected chi connectivity index (χ4v) is 5.83. The smallest absolute Gasteiger partial charge is 0.216 e. The van der Waals surface area contributed by atoms with E-state index in [1.165, 1.54) is 6.42 Å². The van der Waals surface area contributed by atoms with Crippen molar-refractivity contribution >= 4 is 28.3 Å². The molecule has 2 aliphatic heterocycles. The van der Waals surface area contributed by atoms with E-state index in [1.807, 2.05) is 36.5 Å². The van der Waals surface area contributed by atoms with Crippen LogP contribution in [-0.4, -0.2) is 58.8 Å². The van der Waals surface area contributed by atoms with Gasteiger partial charge in [0.05, 0.1) is 31.4 Å². The molecule has 0 saturated carbocycles. The van der Waals surface area contributed by atoms with Crippen LogP contribution in [-0.2, 0) is 13.0 Å². The summed E-state index contributed by atoms with van der Waals surface area (Å²) in [5.41, 5.74) is 4.66. The number of likely N-dealkylation sites (N-methyl/N-ethyl adjacent to an activating group) is 1. The molecule has 36 heavy (non-hydrogen) atoms. The van der Waals surface area contributed by atoms with Gasteiger partial charge in [-0.2, -0.15) is 5.10 Å². The lowest BCUT2D eigenvalue weighted by Gasteiger charge is -2.24. The Bertz CT molecular complexity index is 1440. The minimum absolute atomic E-state index is 0.109. The minimum atomic E-state index is -0.252. The molecule has 2 aliphatic rings. The first kappa shape index (κ1) is 23.1. The Kier molecular flexibility index (Phi) is 5.97. The van der Waals surface area contributed by atoms with Gasteiger partial charge in [-0.15, -0.1) is 0 Å². The van der Waals surface area contributed by atoms with Crippen LogP contribution < -0.4 is 9.47 Å². The van der Waals surface area contributed by atoms with E-state index in [2.05, 4.69) is 32.8 Å². The van der Waals surface area contributed by atoms with Crippen LogP contribution in [0.4, 0.5) is 0 Å². The first-order valence-corrected chi connectivity index (χ1v) is 12.8. The highest BCUT2D eigenvalue weighted by Crippen LogP contribution is 2.36. The number of fused-ring (bicyclic) bond motifs is 2. The van der Waals surface area contributed by atoms with Crippen LogP contribution in [0.3, 0.4) is 0 Å². The van der Waals surface area contributed by atoms with Gasteiger partial charge in [0.1, 0.15) is 5.75 Å². The van der Waals surface area contributed by atoms with Crippen molar-refractivity contribution in [1.29, 1.82) is 0 Å². The van der Waals surface area contributed by atoms with Gasteiger partial charge in [-0.05, 0) is 68.2 Å². The standard InChI is InChI=1S/C28H29ClN4O3/c1-32-9-3-4-21(32)14-33-15-24(27(34)19-10-18-11-20(29)6-8-26(18)36-16-19)22-7-5-17(12-25(22)33)23-13-30-31-28(23)35-2/h5-8,11-13,15,19,21H,3-4,9-10,14,16H2,1-2H3,(H,30,31). The first-order chi connectivity index (χ1) is 17.5. The van der Waals surface area contributed by atoms with Gasteiger partial charge in [0.25, 0.3) is 0 Å². The number of ketones is 1. The number of likely N-dealkylation sites (tertiary alicyclic amines) is 1. The number of carbonyl (C=O) groups is 1. The zero-order valence-corrected chi connectivity index (χ0v) is 21.2. The van der Waals surface area contributed by atoms with Gasteiger partial charge in [0.15, 0.2) is 5.78 Å². The summed E-state index contributed by atoms with van der Waals surface area (Å²) in [6, 6.07) is 12.3. The lowest BCUT2D eigenvalue weighted by molar-refractivity contribution is 0.0856. The number of hydrogen-bond donors (Lipinski definition) is 1. The average Bonchev–Trinajstić information content (AvgIpc) is 3.62. The first-order valence-electron chi connectivity index (χ1n) is 12.4. The summed E-state index contributed by atoms with van der Waals surface area (Å²) in [6.07, 6.45) is 6.79. The molecule has 0 amide bonds. The Morgan fingerprint density at radius 1 is 1.28 bits per heavy atom. The van der Waals surface area contributed by atoms with Crippen molar-refractivity contribution in [1.82, 2.24) is 19.7 Å². The molecule has 2 atom stereocenters. The third-order valence-corrected chi connectivity index (χ3v) is 7.88. The molecule has 0 aliphatic carbocycles. The molecular formula is C28H29ClN4O3. The van der Waals surface area contributed by atoms with Crippen molar-refractivity contribution < 1.29 is 14.3 Å². The fourth-order valence-electron chi connectivity index (χ4n) is 5.63. The third-order valence-electron chi connectivity index (χ3n) is 7.65. The second kappa shape index (κ2) is 9.30. The van der Waals surface area contributed by atoms with Crippen molar-refractivity contribution in [3.63, 3.8) is 0 Å². The number of carbonyl (C=O) groups excluding carboxylic acids is 1. The maximum absolute atomic E-state index is 13.9. The lowest BCUT2D eigenvalue weighted by Crippen LogP contribution is -2.29. The number of Topliss-reactive ketones (excluding diaryl/α,β-unsaturated/α-hetero) is 1. The molecule has 2 aromatic heterocycles. The van der Waals surface area contributed by atoms with Crippen LogP contribution >= 0.6 is 11.6 Å². The summed E-state index contributed by atoms with van der Waals surface area (Å²) in [4.78, 5) is 16.3.